The second-order valence-electron chi connectivity index (χ2n) is 5.90. The topological polar surface area (TPSA) is 57.1 Å². The van der Waals surface area contributed by atoms with Gasteiger partial charge in [-0.15, -0.1) is 0 Å². The number of benzene rings is 2. The Morgan fingerprint density at radius 3 is 2.79 bits per heavy atom. The molecule has 1 saturated heterocycles. The van der Waals surface area contributed by atoms with E-state index in [0.29, 0.717) is 22.9 Å². The van der Waals surface area contributed by atoms with Crippen LogP contribution >= 0.6 is 0 Å². The molecule has 124 valence electrons. The lowest BCUT2D eigenvalue weighted by Crippen LogP contribution is -2.35. The summed E-state index contributed by atoms with van der Waals surface area (Å²) in [5, 5.41) is 15.6. The molecule has 0 bridgehead atoms. The minimum Gasteiger partial charge on any atom is -0.489 e. The molecule has 0 aromatic heterocycles. The molecule has 2 aromatic carbocycles. The summed E-state index contributed by atoms with van der Waals surface area (Å²) in [7, 11) is 0. The molecule has 0 spiro atoms. The van der Waals surface area contributed by atoms with Gasteiger partial charge in [0.15, 0.2) is 0 Å². The minimum atomic E-state index is -0.418. The molecule has 0 aliphatic carbocycles. The minimum absolute atomic E-state index is 0.133. The van der Waals surface area contributed by atoms with Gasteiger partial charge in [0.2, 0.25) is 0 Å². The highest BCUT2D eigenvalue weighted by molar-refractivity contribution is 5.49. The third kappa shape index (κ3) is 4.24. The van der Waals surface area contributed by atoms with E-state index in [9.17, 15) is 4.39 Å². The largest absolute Gasteiger partial charge is 0.489 e. The first kappa shape index (κ1) is 16.3. The summed E-state index contributed by atoms with van der Waals surface area (Å²) in [6.45, 7) is 2.20. The normalized spacial score (nSPS) is 14.8. The van der Waals surface area contributed by atoms with Crippen molar-refractivity contribution in [1.29, 1.82) is 5.26 Å². The van der Waals surface area contributed by atoms with Crippen molar-refractivity contribution < 1.29 is 9.13 Å². The number of nitrogens with one attached hydrogen (secondary N) is 2. The van der Waals surface area contributed by atoms with Crippen molar-refractivity contribution in [2.24, 2.45) is 0 Å². The second-order valence-corrected chi connectivity index (χ2v) is 5.90. The molecule has 0 unspecified atom stereocenters. The lowest BCUT2D eigenvalue weighted by atomic mass is 10.1. The SMILES string of the molecule is N#Cc1ccc(COc2cccc(NC3CCNCC3)c2)c(F)c1. The molecule has 2 aromatic rings. The lowest BCUT2D eigenvalue weighted by Gasteiger charge is -2.24. The highest BCUT2D eigenvalue weighted by Crippen LogP contribution is 2.21. The van der Waals surface area contributed by atoms with Crippen molar-refractivity contribution in [2.75, 3.05) is 18.4 Å². The average molecular weight is 325 g/mol. The number of rotatable bonds is 5. The Hall–Kier alpha value is -2.58. The van der Waals surface area contributed by atoms with E-state index < -0.39 is 5.82 Å². The first-order chi connectivity index (χ1) is 11.7. The average Bonchev–Trinajstić information content (AvgIpc) is 2.62. The molecule has 0 amide bonds. The van der Waals surface area contributed by atoms with Gasteiger partial charge >= 0.3 is 0 Å². The summed E-state index contributed by atoms with van der Waals surface area (Å²) < 4.78 is 19.6. The van der Waals surface area contributed by atoms with Crippen LogP contribution in [0.15, 0.2) is 42.5 Å². The van der Waals surface area contributed by atoms with E-state index in [1.165, 1.54) is 6.07 Å². The van der Waals surface area contributed by atoms with E-state index in [-0.39, 0.29) is 6.61 Å². The maximum absolute atomic E-state index is 13.9. The highest BCUT2D eigenvalue weighted by Gasteiger charge is 2.12. The van der Waals surface area contributed by atoms with Gasteiger partial charge in [-0.05, 0) is 50.2 Å². The monoisotopic (exact) mass is 325 g/mol. The summed E-state index contributed by atoms with van der Waals surface area (Å²) in [4.78, 5) is 0. The molecule has 4 nitrogen and oxygen atoms in total. The first-order valence-electron chi connectivity index (χ1n) is 8.13. The van der Waals surface area contributed by atoms with Gasteiger partial charge in [-0.3, -0.25) is 0 Å². The van der Waals surface area contributed by atoms with Crippen LogP contribution in [0.5, 0.6) is 5.75 Å². The van der Waals surface area contributed by atoms with E-state index in [1.54, 1.807) is 12.1 Å². The Balaban J connectivity index is 1.61. The molecular weight excluding hydrogens is 305 g/mol. The number of anilines is 1. The fraction of sp³-hybridized carbons (Fsp3) is 0.316. The molecule has 0 radical (unpaired) electrons. The number of nitriles is 1. The van der Waals surface area contributed by atoms with Gasteiger partial charge < -0.3 is 15.4 Å². The Bertz CT molecular complexity index is 736. The third-order valence-electron chi connectivity index (χ3n) is 4.12. The smallest absolute Gasteiger partial charge is 0.131 e. The molecule has 24 heavy (non-hydrogen) atoms. The third-order valence-corrected chi connectivity index (χ3v) is 4.12. The standard InChI is InChI=1S/C19H20FN3O/c20-19-10-14(12-21)4-5-15(19)13-24-18-3-1-2-17(11-18)23-16-6-8-22-9-7-16/h1-5,10-11,16,22-23H,6-9,13H2. The lowest BCUT2D eigenvalue weighted by molar-refractivity contribution is 0.300. The summed E-state index contributed by atoms with van der Waals surface area (Å²) >= 11 is 0. The summed E-state index contributed by atoms with van der Waals surface area (Å²) in [6, 6.07) is 14.5. The molecule has 0 atom stereocenters. The van der Waals surface area contributed by atoms with Gasteiger partial charge in [0, 0.05) is 23.4 Å². The predicted molar refractivity (Wildman–Crippen MR) is 91.4 cm³/mol. The van der Waals surface area contributed by atoms with E-state index in [1.807, 2.05) is 30.3 Å². The zero-order chi connectivity index (χ0) is 16.8. The maximum Gasteiger partial charge on any atom is 0.131 e. The number of halogens is 1. The summed E-state index contributed by atoms with van der Waals surface area (Å²) in [5.74, 6) is 0.274. The van der Waals surface area contributed by atoms with Crippen molar-refractivity contribution in [2.45, 2.75) is 25.5 Å². The number of piperidine rings is 1. The van der Waals surface area contributed by atoms with Gasteiger partial charge in [0.05, 0.1) is 11.6 Å². The van der Waals surface area contributed by atoms with E-state index in [4.69, 9.17) is 10.00 Å². The summed E-state index contributed by atoms with van der Waals surface area (Å²) in [5.41, 5.74) is 1.76. The predicted octanol–water partition coefficient (Wildman–Crippen LogP) is 3.44. The molecule has 0 saturated carbocycles. The zero-order valence-corrected chi connectivity index (χ0v) is 13.4. The van der Waals surface area contributed by atoms with E-state index in [2.05, 4.69) is 10.6 Å². The Labute approximate surface area is 141 Å². The zero-order valence-electron chi connectivity index (χ0n) is 13.4. The second kappa shape index (κ2) is 7.80. The van der Waals surface area contributed by atoms with Crippen LogP contribution in [0, 0.1) is 17.1 Å². The molecule has 3 rings (SSSR count). The van der Waals surface area contributed by atoms with Crippen molar-refractivity contribution in [3.63, 3.8) is 0 Å². The van der Waals surface area contributed by atoms with Crippen molar-refractivity contribution in [3.8, 4) is 11.8 Å². The maximum atomic E-state index is 13.9. The Morgan fingerprint density at radius 2 is 2.04 bits per heavy atom. The van der Waals surface area contributed by atoms with Crippen LogP contribution in [0.25, 0.3) is 0 Å². The van der Waals surface area contributed by atoms with Crippen LogP contribution in [-0.4, -0.2) is 19.1 Å². The van der Waals surface area contributed by atoms with Gasteiger partial charge in [0.25, 0.3) is 0 Å². The van der Waals surface area contributed by atoms with Crippen LogP contribution < -0.4 is 15.4 Å². The van der Waals surface area contributed by atoms with Gasteiger partial charge in [-0.2, -0.15) is 5.26 Å². The molecule has 1 aliphatic heterocycles. The number of hydrogen-bond donors (Lipinski definition) is 2. The molecule has 5 heteroatoms. The fourth-order valence-corrected chi connectivity index (χ4v) is 2.77. The quantitative estimate of drug-likeness (QED) is 0.884. The Kier molecular flexibility index (Phi) is 5.29. The number of ether oxygens (including phenoxy) is 1. The molecule has 2 N–H and O–H groups in total. The fourth-order valence-electron chi connectivity index (χ4n) is 2.77. The van der Waals surface area contributed by atoms with Crippen LogP contribution in [0.4, 0.5) is 10.1 Å². The number of hydrogen-bond acceptors (Lipinski definition) is 4. The molecular formula is C19H20FN3O. The summed E-state index contributed by atoms with van der Waals surface area (Å²) in [6.07, 6.45) is 2.20. The number of nitrogens with zero attached hydrogens (tertiary/aromatic N) is 1. The van der Waals surface area contributed by atoms with Gasteiger partial charge in [-0.25, -0.2) is 4.39 Å². The van der Waals surface area contributed by atoms with Crippen LogP contribution in [-0.2, 0) is 6.61 Å². The van der Waals surface area contributed by atoms with Crippen molar-refractivity contribution in [3.05, 3.63) is 59.4 Å². The van der Waals surface area contributed by atoms with Crippen LogP contribution in [0.2, 0.25) is 0 Å². The van der Waals surface area contributed by atoms with Gasteiger partial charge in [0.1, 0.15) is 18.2 Å². The van der Waals surface area contributed by atoms with Gasteiger partial charge in [-0.1, -0.05) is 12.1 Å². The van der Waals surface area contributed by atoms with Crippen LogP contribution in [0.3, 0.4) is 0 Å². The van der Waals surface area contributed by atoms with E-state index >= 15 is 0 Å². The molecule has 1 fully saturated rings. The van der Waals surface area contributed by atoms with Crippen LogP contribution in [0.1, 0.15) is 24.0 Å². The molecule has 1 aliphatic rings. The molecule has 1 heterocycles. The van der Waals surface area contributed by atoms with Crippen molar-refractivity contribution in [1.82, 2.24) is 5.32 Å². The first-order valence-corrected chi connectivity index (χ1v) is 8.13. The Morgan fingerprint density at radius 1 is 1.21 bits per heavy atom. The highest BCUT2D eigenvalue weighted by atomic mass is 19.1. The van der Waals surface area contributed by atoms with E-state index in [0.717, 1.165) is 31.6 Å². The van der Waals surface area contributed by atoms with Crippen molar-refractivity contribution >= 4 is 5.69 Å².